The van der Waals surface area contributed by atoms with Crippen molar-refractivity contribution < 1.29 is 9.84 Å². The van der Waals surface area contributed by atoms with Gasteiger partial charge in [-0.1, -0.05) is 54.4 Å². The lowest BCUT2D eigenvalue weighted by Crippen LogP contribution is -2.31. The zero-order valence-electron chi connectivity index (χ0n) is 13.1. The summed E-state index contributed by atoms with van der Waals surface area (Å²) < 4.78 is 5.91. The van der Waals surface area contributed by atoms with Crippen molar-refractivity contribution in [1.29, 1.82) is 0 Å². The number of aliphatic hydroxyl groups excluding tert-OH is 1. The molecule has 23 heavy (non-hydrogen) atoms. The van der Waals surface area contributed by atoms with Gasteiger partial charge in [-0.15, -0.1) is 0 Å². The second kappa shape index (κ2) is 9.14. The van der Waals surface area contributed by atoms with Gasteiger partial charge in [0.25, 0.3) is 0 Å². The van der Waals surface area contributed by atoms with Crippen molar-refractivity contribution in [3.05, 3.63) is 63.6 Å². The van der Waals surface area contributed by atoms with E-state index in [0.717, 1.165) is 23.3 Å². The van der Waals surface area contributed by atoms with Gasteiger partial charge in [-0.3, -0.25) is 0 Å². The van der Waals surface area contributed by atoms with Crippen molar-refractivity contribution in [3.8, 4) is 5.75 Å². The van der Waals surface area contributed by atoms with Crippen LogP contribution >= 0.6 is 23.2 Å². The maximum Gasteiger partial charge on any atom is 0.124 e. The van der Waals surface area contributed by atoms with Crippen LogP contribution in [0.5, 0.6) is 5.75 Å². The van der Waals surface area contributed by atoms with E-state index in [1.165, 1.54) is 0 Å². The molecule has 0 bridgehead atoms. The van der Waals surface area contributed by atoms with E-state index in [1.807, 2.05) is 43.3 Å². The molecule has 124 valence electrons. The van der Waals surface area contributed by atoms with Crippen LogP contribution in [-0.4, -0.2) is 17.8 Å². The maximum atomic E-state index is 9.26. The topological polar surface area (TPSA) is 41.5 Å². The van der Waals surface area contributed by atoms with Crippen LogP contribution in [0.25, 0.3) is 0 Å². The molecule has 0 aliphatic carbocycles. The molecule has 2 aromatic carbocycles. The first-order valence-electron chi connectivity index (χ1n) is 7.63. The summed E-state index contributed by atoms with van der Waals surface area (Å²) >= 11 is 11.9. The summed E-state index contributed by atoms with van der Waals surface area (Å²) in [5, 5.41) is 13.6. The third kappa shape index (κ3) is 5.40. The predicted molar refractivity (Wildman–Crippen MR) is 95.2 cm³/mol. The van der Waals surface area contributed by atoms with Crippen molar-refractivity contribution in [2.75, 3.05) is 6.61 Å². The van der Waals surface area contributed by atoms with Crippen LogP contribution in [-0.2, 0) is 13.2 Å². The van der Waals surface area contributed by atoms with E-state index >= 15 is 0 Å². The minimum atomic E-state index is 0.0955. The molecule has 0 spiro atoms. The number of hydrogen-bond acceptors (Lipinski definition) is 3. The number of para-hydroxylation sites is 1. The lowest BCUT2D eigenvalue weighted by molar-refractivity contribution is 0.237. The van der Waals surface area contributed by atoms with E-state index in [1.54, 1.807) is 6.07 Å². The lowest BCUT2D eigenvalue weighted by Gasteiger charge is -2.16. The summed E-state index contributed by atoms with van der Waals surface area (Å²) in [4.78, 5) is 0. The monoisotopic (exact) mass is 353 g/mol. The van der Waals surface area contributed by atoms with Crippen LogP contribution in [0.3, 0.4) is 0 Å². The van der Waals surface area contributed by atoms with Crippen LogP contribution in [0.4, 0.5) is 0 Å². The molecular weight excluding hydrogens is 333 g/mol. The molecule has 0 heterocycles. The fraction of sp³-hybridized carbons (Fsp3) is 0.333. The average Bonchev–Trinajstić information content (AvgIpc) is 2.58. The normalized spacial score (nSPS) is 12.2. The Bertz CT molecular complexity index is 630. The Morgan fingerprint density at radius 2 is 1.91 bits per heavy atom. The highest BCUT2D eigenvalue weighted by atomic mass is 35.5. The Morgan fingerprint density at radius 3 is 2.61 bits per heavy atom. The number of rotatable bonds is 8. The number of benzene rings is 2. The van der Waals surface area contributed by atoms with Gasteiger partial charge in [-0.05, 0) is 30.2 Å². The van der Waals surface area contributed by atoms with Gasteiger partial charge in [-0.25, -0.2) is 0 Å². The third-order valence-corrected chi connectivity index (χ3v) is 4.38. The van der Waals surface area contributed by atoms with Crippen molar-refractivity contribution in [2.24, 2.45) is 0 Å². The summed E-state index contributed by atoms with van der Waals surface area (Å²) in [5.74, 6) is 0.818. The van der Waals surface area contributed by atoms with E-state index in [0.29, 0.717) is 23.2 Å². The van der Waals surface area contributed by atoms with Crippen molar-refractivity contribution in [3.63, 3.8) is 0 Å². The second-order valence-corrected chi connectivity index (χ2v) is 6.13. The third-order valence-electron chi connectivity index (χ3n) is 3.65. The number of hydrogen-bond donors (Lipinski definition) is 2. The molecule has 0 saturated carbocycles. The molecule has 5 heteroatoms. The van der Waals surface area contributed by atoms with Crippen LogP contribution in [0.15, 0.2) is 42.5 Å². The largest absolute Gasteiger partial charge is 0.489 e. The van der Waals surface area contributed by atoms with Crippen LogP contribution in [0.2, 0.25) is 10.0 Å². The van der Waals surface area contributed by atoms with E-state index in [9.17, 15) is 5.11 Å². The molecule has 0 saturated heterocycles. The Balaban J connectivity index is 2.00. The van der Waals surface area contributed by atoms with Gasteiger partial charge in [0.15, 0.2) is 0 Å². The molecule has 0 aromatic heterocycles. The molecule has 2 rings (SSSR count). The molecule has 0 radical (unpaired) electrons. The zero-order valence-corrected chi connectivity index (χ0v) is 14.6. The predicted octanol–water partition coefficient (Wildman–Crippen LogP) is 4.43. The average molecular weight is 354 g/mol. The first-order valence-corrected chi connectivity index (χ1v) is 8.38. The van der Waals surface area contributed by atoms with Gasteiger partial charge in [-0.2, -0.15) is 0 Å². The van der Waals surface area contributed by atoms with Crippen molar-refractivity contribution >= 4 is 23.2 Å². The zero-order chi connectivity index (χ0) is 16.7. The fourth-order valence-electron chi connectivity index (χ4n) is 2.17. The van der Waals surface area contributed by atoms with E-state index in [-0.39, 0.29) is 12.6 Å². The molecule has 3 nitrogen and oxygen atoms in total. The second-order valence-electron chi connectivity index (χ2n) is 5.31. The highest BCUT2D eigenvalue weighted by Gasteiger charge is 2.08. The van der Waals surface area contributed by atoms with E-state index in [2.05, 4.69) is 5.32 Å². The lowest BCUT2D eigenvalue weighted by atomic mass is 10.1. The van der Waals surface area contributed by atoms with Crippen LogP contribution in [0, 0.1) is 0 Å². The van der Waals surface area contributed by atoms with E-state index in [4.69, 9.17) is 27.9 Å². The Labute approximate surface area is 147 Å². The van der Waals surface area contributed by atoms with Gasteiger partial charge < -0.3 is 15.2 Å². The Hall–Kier alpha value is -1.26. The molecule has 0 unspecified atom stereocenters. The van der Waals surface area contributed by atoms with Gasteiger partial charge in [0.2, 0.25) is 0 Å². The smallest absolute Gasteiger partial charge is 0.124 e. The van der Waals surface area contributed by atoms with Crippen LogP contribution in [0.1, 0.15) is 24.5 Å². The summed E-state index contributed by atoms with van der Waals surface area (Å²) in [5.41, 5.74) is 2.02. The fourth-order valence-corrected chi connectivity index (χ4v) is 2.49. The van der Waals surface area contributed by atoms with Gasteiger partial charge >= 0.3 is 0 Å². The summed E-state index contributed by atoms with van der Waals surface area (Å²) in [6.07, 6.45) is 0.878. The molecule has 2 N–H and O–H groups in total. The van der Waals surface area contributed by atoms with Gasteiger partial charge in [0, 0.05) is 18.2 Å². The number of nitrogens with one attached hydrogen (secondary N) is 1. The molecule has 0 fully saturated rings. The molecule has 2 aromatic rings. The maximum absolute atomic E-state index is 9.26. The van der Waals surface area contributed by atoms with Crippen molar-refractivity contribution in [1.82, 2.24) is 5.32 Å². The SMILES string of the molecule is CC[C@H](CO)NCc1ccccc1OCc1ccc(Cl)c(Cl)c1. The minimum absolute atomic E-state index is 0.0955. The first kappa shape index (κ1) is 18.1. The van der Waals surface area contributed by atoms with E-state index < -0.39 is 0 Å². The van der Waals surface area contributed by atoms with Gasteiger partial charge in [0.05, 0.1) is 16.7 Å². The number of halogens is 2. The minimum Gasteiger partial charge on any atom is -0.489 e. The summed E-state index contributed by atoms with van der Waals surface area (Å²) in [6.45, 7) is 3.24. The highest BCUT2D eigenvalue weighted by Crippen LogP contribution is 2.24. The first-order chi connectivity index (χ1) is 11.1. The number of aliphatic hydroxyl groups is 1. The Morgan fingerprint density at radius 1 is 1.13 bits per heavy atom. The number of ether oxygens (including phenoxy) is 1. The highest BCUT2D eigenvalue weighted by molar-refractivity contribution is 6.42. The standard InChI is InChI=1S/C18H21Cl2NO2/c1-2-15(11-22)21-10-14-5-3-4-6-18(14)23-12-13-7-8-16(19)17(20)9-13/h3-9,15,21-22H,2,10-12H2,1H3/t15-/m1/s1. The molecular formula is C18H21Cl2NO2. The quantitative estimate of drug-likeness (QED) is 0.737. The summed E-state index contributed by atoms with van der Waals surface area (Å²) in [7, 11) is 0. The molecule has 0 amide bonds. The van der Waals surface area contributed by atoms with Gasteiger partial charge in [0.1, 0.15) is 12.4 Å². The molecule has 1 atom stereocenters. The van der Waals surface area contributed by atoms with Crippen molar-refractivity contribution in [2.45, 2.75) is 32.5 Å². The molecule has 0 aliphatic heterocycles. The summed E-state index contributed by atoms with van der Waals surface area (Å²) in [6, 6.07) is 13.4. The Kier molecular flexibility index (Phi) is 7.18. The van der Waals surface area contributed by atoms with Crippen LogP contribution < -0.4 is 10.1 Å². The molecule has 0 aliphatic rings.